The van der Waals surface area contributed by atoms with Gasteiger partial charge in [0.2, 0.25) is 5.54 Å². The summed E-state index contributed by atoms with van der Waals surface area (Å²) in [5, 5.41) is 1.68. The predicted octanol–water partition coefficient (Wildman–Crippen LogP) is 2.07. The number of methoxy groups -OCH3 is 1. The number of ether oxygens (including phenoxy) is 1. The van der Waals surface area contributed by atoms with Crippen LogP contribution in [0.3, 0.4) is 0 Å². The lowest BCUT2D eigenvalue weighted by Gasteiger charge is -2.24. The van der Waals surface area contributed by atoms with Gasteiger partial charge in [-0.1, -0.05) is 12.1 Å². The van der Waals surface area contributed by atoms with Gasteiger partial charge in [-0.3, -0.25) is 4.79 Å². The van der Waals surface area contributed by atoms with Gasteiger partial charge in [0, 0.05) is 0 Å². The highest BCUT2D eigenvalue weighted by Gasteiger charge is 2.64. The van der Waals surface area contributed by atoms with Crippen LogP contribution in [0.2, 0.25) is 0 Å². The number of benzene rings is 1. The lowest BCUT2D eigenvalue weighted by Crippen LogP contribution is -2.56. The number of nitrogens with one attached hydrogen (secondary N) is 1. The van der Waals surface area contributed by atoms with Crippen LogP contribution < -0.4 is 15.0 Å². The van der Waals surface area contributed by atoms with Crippen molar-refractivity contribution in [3.05, 3.63) is 24.3 Å². The number of rotatable bonds is 2. The molecular weight excluding hydrogens is 277 g/mol. The molecule has 0 bridgehead atoms. The van der Waals surface area contributed by atoms with E-state index in [-0.39, 0.29) is 11.4 Å². The average Bonchev–Trinajstić information content (AvgIpc) is 2.60. The van der Waals surface area contributed by atoms with Crippen molar-refractivity contribution >= 4 is 17.6 Å². The topological polar surface area (TPSA) is 58.6 Å². The first kappa shape index (κ1) is 14.2. The van der Waals surface area contributed by atoms with Crippen LogP contribution in [0.5, 0.6) is 5.75 Å². The molecule has 0 aromatic heterocycles. The number of para-hydroxylation sites is 2. The standard InChI is InChI=1S/C12H11F3N2O3/c1-11(12(13,14)15)9(18)17(10(19)16-11)7-5-3-4-6-8(7)20-2/h3-6H,1-2H3,(H,16,19). The molecule has 20 heavy (non-hydrogen) atoms. The number of urea groups is 1. The molecular formula is C12H11F3N2O3. The third-order valence-electron chi connectivity index (χ3n) is 3.08. The summed E-state index contributed by atoms with van der Waals surface area (Å²) in [6.45, 7) is 0.628. The van der Waals surface area contributed by atoms with E-state index in [0.717, 1.165) is 0 Å². The molecule has 1 saturated heterocycles. The first-order chi connectivity index (χ1) is 9.22. The van der Waals surface area contributed by atoms with E-state index in [9.17, 15) is 22.8 Å². The van der Waals surface area contributed by atoms with Crippen molar-refractivity contribution in [1.82, 2.24) is 5.32 Å². The van der Waals surface area contributed by atoms with Crippen molar-refractivity contribution in [3.8, 4) is 5.75 Å². The second kappa shape index (κ2) is 4.39. The molecule has 3 amide bonds. The molecule has 1 aromatic carbocycles. The molecule has 0 spiro atoms. The number of imide groups is 1. The van der Waals surface area contributed by atoms with Gasteiger partial charge in [0.05, 0.1) is 12.8 Å². The zero-order chi connectivity index (χ0) is 15.1. The number of amides is 3. The SMILES string of the molecule is COc1ccccc1N1C(=O)NC(C)(C(F)(F)F)C1=O. The predicted molar refractivity (Wildman–Crippen MR) is 63.5 cm³/mol. The number of nitrogens with zero attached hydrogens (tertiary/aromatic N) is 1. The summed E-state index contributed by atoms with van der Waals surface area (Å²) in [5.41, 5.74) is -2.98. The quantitative estimate of drug-likeness (QED) is 0.848. The van der Waals surface area contributed by atoms with Crippen LogP contribution in [0.4, 0.5) is 23.7 Å². The van der Waals surface area contributed by atoms with Gasteiger partial charge in [0.15, 0.2) is 0 Å². The molecule has 8 heteroatoms. The van der Waals surface area contributed by atoms with E-state index >= 15 is 0 Å². The molecule has 2 rings (SSSR count). The lowest BCUT2D eigenvalue weighted by molar-refractivity contribution is -0.187. The summed E-state index contributed by atoms with van der Waals surface area (Å²) >= 11 is 0. The van der Waals surface area contributed by atoms with Crippen LogP contribution in [0.15, 0.2) is 24.3 Å². The van der Waals surface area contributed by atoms with Gasteiger partial charge in [-0.25, -0.2) is 9.69 Å². The maximum Gasteiger partial charge on any atom is 0.420 e. The van der Waals surface area contributed by atoms with Crippen molar-refractivity contribution in [3.63, 3.8) is 0 Å². The van der Waals surface area contributed by atoms with E-state index in [2.05, 4.69) is 0 Å². The van der Waals surface area contributed by atoms with E-state index in [4.69, 9.17) is 4.74 Å². The maximum absolute atomic E-state index is 12.9. The summed E-state index contributed by atoms with van der Waals surface area (Å²) in [4.78, 5) is 24.2. The highest BCUT2D eigenvalue weighted by molar-refractivity contribution is 6.24. The second-order valence-electron chi connectivity index (χ2n) is 4.37. The number of anilines is 1. The normalized spacial score (nSPS) is 22.9. The van der Waals surface area contributed by atoms with E-state index in [1.54, 1.807) is 11.4 Å². The fourth-order valence-corrected chi connectivity index (χ4v) is 1.86. The number of carbonyl (C=O) groups excluding carboxylic acids is 2. The molecule has 1 aromatic rings. The Morgan fingerprint density at radius 2 is 1.85 bits per heavy atom. The van der Waals surface area contributed by atoms with E-state index < -0.39 is 23.7 Å². The van der Waals surface area contributed by atoms with Gasteiger partial charge in [0.25, 0.3) is 5.91 Å². The first-order valence-corrected chi connectivity index (χ1v) is 5.59. The molecule has 0 saturated carbocycles. The van der Waals surface area contributed by atoms with Gasteiger partial charge < -0.3 is 10.1 Å². The van der Waals surface area contributed by atoms with Gasteiger partial charge >= 0.3 is 12.2 Å². The highest BCUT2D eigenvalue weighted by atomic mass is 19.4. The fourth-order valence-electron chi connectivity index (χ4n) is 1.86. The van der Waals surface area contributed by atoms with E-state index in [1.807, 2.05) is 0 Å². The van der Waals surface area contributed by atoms with Crippen LogP contribution in [0.1, 0.15) is 6.92 Å². The first-order valence-electron chi connectivity index (χ1n) is 5.59. The van der Waals surface area contributed by atoms with Gasteiger partial charge in [-0.2, -0.15) is 13.2 Å². The lowest BCUT2D eigenvalue weighted by atomic mass is 10.0. The Hall–Kier alpha value is -2.25. The third kappa shape index (κ3) is 1.87. The smallest absolute Gasteiger partial charge is 0.420 e. The summed E-state index contributed by atoms with van der Waals surface area (Å²) in [6.07, 6.45) is -4.89. The van der Waals surface area contributed by atoms with Crippen LogP contribution in [-0.2, 0) is 4.79 Å². The minimum absolute atomic E-state index is 0.0366. The van der Waals surface area contributed by atoms with Crippen molar-refractivity contribution in [1.29, 1.82) is 0 Å². The molecule has 1 unspecified atom stereocenters. The number of hydrogen-bond donors (Lipinski definition) is 1. The van der Waals surface area contributed by atoms with E-state index in [1.165, 1.54) is 25.3 Å². The van der Waals surface area contributed by atoms with Crippen molar-refractivity contribution in [2.75, 3.05) is 12.0 Å². The zero-order valence-electron chi connectivity index (χ0n) is 10.6. The van der Waals surface area contributed by atoms with Crippen molar-refractivity contribution in [2.45, 2.75) is 18.6 Å². The number of alkyl halides is 3. The summed E-state index contributed by atoms with van der Waals surface area (Å²) in [7, 11) is 1.29. The van der Waals surface area contributed by atoms with Crippen molar-refractivity contribution < 1.29 is 27.5 Å². The van der Waals surface area contributed by atoms with Crippen LogP contribution in [0.25, 0.3) is 0 Å². The maximum atomic E-state index is 12.9. The summed E-state index contributed by atoms with van der Waals surface area (Å²) < 4.78 is 43.8. The van der Waals surface area contributed by atoms with Gasteiger partial charge in [0.1, 0.15) is 5.75 Å². The van der Waals surface area contributed by atoms with Gasteiger partial charge in [-0.05, 0) is 19.1 Å². The average molecular weight is 288 g/mol. The van der Waals surface area contributed by atoms with Crippen LogP contribution in [-0.4, -0.2) is 30.8 Å². The Bertz CT molecular complexity index is 573. The molecule has 1 aliphatic rings. The molecule has 1 aliphatic heterocycles. The number of halogens is 3. The third-order valence-corrected chi connectivity index (χ3v) is 3.08. The van der Waals surface area contributed by atoms with Crippen LogP contribution in [0, 0.1) is 0 Å². The Morgan fingerprint density at radius 1 is 1.25 bits per heavy atom. The number of carbonyl (C=O) groups is 2. The zero-order valence-corrected chi connectivity index (χ0v) is 10.6. The Morgan fingerprint density at radius 3 is 2.35 bits per heavy atom. The Labute approximate surface area is 112 Å². The Balaban J connectivity index is 2.50. The molecule has 108 valence electrons. The minimum Gasteiger partial charge on any atom is -0.495 e. The summed E-state index contributed by atoms with van der Waals surface area (Å²) in [5.74, 6) is -1.26. The Kier molecular flexibility index (Phi) is 3.11. The van der Waals surface area contributed by atoms with E-state index in [0.29, 0.717) is 11.8 Å². The molecule has 1 fully saturated rings. The molecule has 1 heterocycles. The summed E-state index contributed by atoms with van der Waals surface area (Å²) in [6, 6.07) is 4.70. The molecule has 1 atom stereocenters. The fraction of sp³-hybridized carbons (Fsp3) is 0.333. The molecule has 1 N–H and O–H groups in total. The molecule has 5 nitrogen and oxygen atoms in total. The largest absolute Gasteiger partial charge is 0.495 e. The highest BCUT2D eigenvalue weighted by Crippen LogP contribution is 2.39. The molecule has 0 aliphatic carbocycles. The van der Waals surface area contributed by atoms with Crippen LogP contribution >= 0.6 is 0 Å². The monoisotopic (exact) mass is 288 g/mol. The minimum atomic E-state index is -4.89. The second-order valence-corrected chi connectivity index (χ2v) is 4.37. The van der Waals surface area contributed by atoms with Crippen molar-refractivity contribution in [2.24, 2.45) is 0 Å². The number of hydrogen-bond acceptors (Lipinski definition) is 3. The van der Waals surface area contributed by atoms with Gasteiger partial charge in [-0.15, -0.1) is 0 Å². The molecule has 0 radical (unpaired) electrons.